The Morgan fingerprint density at radius 1 is 1.53 bits per heavy atom. The van der Waals surface area contributed by atoms with Gasteiger partial charge in [0.2, 0.25) is 0 Å². The Morgan fingerprint density at radius 2 is 2.29 bits per heavy atom. The van der Waals surface area contributed by atoms with Crippen molar-refractivity contribution in [2.75, 3.05) is 0 Å². The maximum Gasteiger partial charge on any atom is 0.142 e. The van der Waals surface area contributed by atoms with E-state index in [1.54, 1.807) is 0 Å². The van der Waals surface area contributed by atoms with E-state index in [2.05, 4.69) is 25.0 Å². The van der Waals surface area contributed by atoms with Crippen LogP contribution >= 0.6 is 0 Å². The predicted octanol–water partition coefficient (Wildman–Crippen LogP) is 2.53. The molecule has 0 bridgehead atoms. The summed E-state index contributed by atoms with van der Waals surface area (Å²) in [5.41, 5.74) is 2.14. The smallest absolute Gasteiger partial charge is 0.142 e. The first-order valence-corrected chi connectivity index (χ1v) is 6.66. The molecule has 17 heavy (non-hydrogen) atoms. The lowest BCUT2D eigenvalue weighted by molar-refractivity contribution is -0.123. The van der Waals surface area contributed by atoms with Crippen molar-refractivity contribution < 1.29 is 4.79 Å². The van der Waals surface area contributed by atoms with Crippen molar-refractivity contribution in [2.24, 2.45) is 18.9 Å². The van der Waals surface area contributed by atoms with Gasteiger partial charge in [0.05, 0.1) is 5.69 Å². The number of aryl methyl sites for hydroxylation is 2. The first kappa shape index (κ1) is 12.3. The molecule has 0 aromatic carbocycles. The molecule has 1 saturated carbocycles. The molecule has 2 atom stereocenters. The summed E-state index contributed by atoms with van der Waals surface area (Å²) in [7, 11) is 1.93. The van der Waals surface area contributed by atoms with Crippen molar-refractivity contribution in [3.05, 3.63) is 17.5 Å². The molecule has 94 valence electrons. The molecule has 0 amide bonds. The molecule has 1 aromatic heterocycles. The van der Waals surface area contributed by atoms with Crippen molar-refractivity contribution in [3.8, 4) is 0 Å². The minimum atomic E-state index is 0.287. The number of rotatable bonds is 4. The first-order chi connectivity index (χ1) is 8.11. The second-order valence-electron chi connectivity index (χ2n) is 5.26. The molecular formula is C14H22N2O. The highest BCUT2D eigenvalue weighted by Crippen LogP contribution is 2.32. The van der Waals surface area contributed by atoms with Gasteiger partial charge in [0.25, 0.3) is 0 Å². The van der Waals surface area contributed by atoms with Crippen LogP contribution in [-0.2, 0) is 24.7 Å². The van der Waals surface area contributed by atoms with Gasteiger partial charge in [-0.2, -0.15) is 5.10 Å². The van der Waals surface area contributed by atoms with Crippen molar-refractivity contribution in [2.45, 2.75) is 46.0 Å². The normalized spacial score (nSPS) is 24.2. The van der Waals surface area contributed by atoms with E-state index >= 15 is 0 Å². The van der Waals surface area contributed by atoms with E-state index in [0.717, 1.165) is 24.2 Å². The third-order valence-corrected chi connectivity index (χ3v) is 4.02. The van der Waals surface area contributed by atoms with Crippen LogP contribution in [0.15, 0.2) is 6.07 Å². The summed E-state index contributed by atoms with van der Waals surface area (Å²) >= 11 is 0. The van der Waals surface area contributed by atoms with Crippen LogP contribution in [0.1, 0.15) is 44.5 Å². The Bertz CT molecular complexity index is 408. The summed E-state index contributed by atoms with van der Waals surface area (Å²) in [5, 5.41) is 4.39. The molecule has 1 heterocycles. The summed E-state index contributed by atoms with van der Waals surface area (Å²) in [6.45, 7) is 4.29. The summed E-state index contributed by atoms with van der Waals surface area (Å²) in [4.78, 5) is 12.2. The number of Topliss-reactive ketones (excluding diaryl/α,β-unsaturated/α-hetero) is 1. The number of aromatic nitrogens is 2. The van der Waals surface area contributed by atoms with Gasteiger partial charge in [-0.1, -0.05) is 20.3 Å². The Balaban J connectivity index is 2.04. The lowest BCUT2D eigenvalue weighted by Crippen LogP contribution is -2.20. The number of hydrogen-bond acceptors (Lipinski definition) is 2. The number of hydrogen-bond donors (Lipinski definition) is 0. The number of nitrogens with zero attached hydrogens (tertiary/aromatic N) is 2. The van der Waals surface area contributed by atoms with Crippen LogP contribution < -0.4 is 0 Å². The minimum Gasteiger partial charge on any atom is -0.299 e. The van der Waals surface area contributed by atoms with Gasteiger partial charge >= 0.3 is 0 Å². The Morgan fingerprint density at radius 3 is 2.82 bits per heavy atom. The van der Waals surface area contributed by atoms with Gasteiger partial charge in [0.1, 0.15) is 5.78 Å². The average Bonchev–Trinajstić information content (AvgIpc) is 2.86. The average molecular weight is 234 g/mol. The summed E-state index contributed by atoms with van der Waals surface area (Å²) in [6.07, 6.45) is 4.99. The lowest BCUT2D eigenvalue weighted by atomic mass is 9.91. The van der Waals surface area contributed by atoms with Crippen LogP contribution in [-0.4, -0.2) is 15.6 Å². The molecule has 1 fully saturated rings. The van der Waals surface area contributed by atoms with Gasteiger partial charge in [0.15, 0.2) is 0 Å². The van der Waals surface area contributed by atoms with E-state index in [-0.39, 0.29) is 5.92 Å². The molecule has 1 aliphatic rings. The zero-order valence-corrected chi connectivity index (χ0v) is 11.1. The molecule has 0 N–H and O–H groups in total. The highest BCUT2D eigenvalue weighted by Gasteiger charge is 2.29. The summed E-state index contributed by atoms with van der Waals surface area (Å²) in [6, 6.07) is 2.07. The zero-order chi connectivity index (χ0) is 12.4. The molecule has 0 aliphatic heterocycles. The van der Waals surface area contributed by atoms with Crippen LogP contribution in [0.3, 0.4) is 0 Å². The predicted molar refractivity (Wildman–Crippen MR) is 67.8 cm³/mol. The molecule has 2 rings (SSSR count). The van der Waals surface area contributed by atoms with Gasteiger partial charge < -0.3 is 0 Å². The maximum absolute atomic E-state index is 12.2. The van der Waals surface area contributed by atoms with Crippen molar-refractivity contribution >= 4 is 5.78 Å². The Labute approximate surface area is 103 Å². The fourth-order valence-electron chi connectivity index (χ4n) is 2.84. The van der Waals surface area contributed by atoms with Gasteiger partial charge in [-0.3, -0.25) is 9.48 Å². The van der Waals surface area contributed by atoms with Crippen LogP contribution in [0, 0.1) is 11.8 Å². The topological polar surface area (TPSA) is 34.9 Å². The summed E-state index contributed by atoms with van der Waals surface area (Å²) < 4.78 is 1.86. The number of ketones is 1. The molecule has 1 aromatic rings. The highest BCUT2D eigenvalue weighted by atomic mass is 16.1. The molecule has 0 spiro atoms. The van der Waals surface area contributed by atoms with Crippen LogP contribution in [0.2, 0.25) is 0 Å². The monoisotopic (exact) mass is 234 g/mol. The third kappa shape index (κ3) is 2.59. The van der Waals surface area contributed by atoms with E-state index in [9.17, 15) is 4.79 Å². The van der Waals surface area contributed by atoms with Gasteiger partial charge in [-0.15, -0.1) is 0 Å². The fraction of sp³-hybridized carbons (Fsp3) is 0.714. The molecule has 3 heteroatoms. The quantitative estimate of drug-likeness (QED) is 0.802. The number of carbonyl (C=O) groups excluding carboxylic acids is 1. The van der Waals surface area contributed by atoms with Crippen molar-refractivity contribution in [3.63, 3.8) is 0 Å². The molecular weight excluding hydrogens is 212 g/mol. The Kier molecular flexibility index (Phi) is 3.65. The molecule has 0 saturated heterocycles. The highest BCUT2D eigenvalue weighted by molar-refractivity contribution is 5.83. The second kappa shape index (κ2) is 5.03. The second-order valence-corrected chi connectivity index (χ2v) is 5.26. The Hall–Kier alpha value is -1.12. The van der Waals surface area contributed by atoms with Crippen LogP contribution in [0.5, 0.6) is 0 Å². The minimum absolute atomic E-state index is 0.287. The van der Waals surface area contributed by atoms with E-state index in [1.807, 2.05) is 11.7 Å². The van der Waals surface area contributed by atoms with Gasteiger partial charge in [0, 0.05) is 25.1 Å². The van der Waals surface area contributed by atoms with E-state index in [4.69, 9.17) is 0 Å². The fourth-order valence-corrected chi connectivity index (χ4v) is 2.84. The SMILES string of the molecule is CCc1cc(CC(=O)C2CCCC2C)n(C)n1. The lowest BCUT2D eigenvalue weighted by Gasteiger charge is -2.13. The van der Waals surface area contributed by atoms with Gasteiger partial charge in [-0.25, -0.2) is 0 Å². The molecule has 2 unspecified atom stereocenters. The third-order valence-electron chi connectivity index (χ3n) is 4.02. The van der Waals surface area contributed by atoms with E-state index < -0.39 is 0 Å². The molecule has 0 radical (unpaired) electrons. The largest absolute Gasteiger partial charge is 0.299 e. The van der Waals surface area contributed by atoms with Crippen molar-refractivity contribution in [1.82, 2.24) is 9.78 Å². The number of carbonyl (C=O) groups is 1. The van der Waals surface area contributed by atoms with E-state index in [1.165, 1.54) is 12.8 Å². The van der Waals surface area contributed by atoms with Crippen molar-refractivity contribution in [1.29, 1.82) is 0 Å². The van der Waals surface area contributed by atoms with Gasteiger partial charge in [-0.05, 0) is 31.2 Å². The molecule has 3 nitrogen and oxygen atoms in total. The molecule has 1 aliphatic carbocycles. The standard InChI is InChI=1S/C14H22N2O/c1-4-11-8-12(16(3)15-11)9-14(17)13-7-5-6-10(13)2/h8,10,13H,4-7,9H2,1-3H3. The van der Waals surface area contributed by atoms with Crippen LogP contribution in [0.25, 0.3) is 0 Å². The van der Waals surface area contributed by atoms with Crippen LogP contribution in [0.4, 0.5) is 0 Å². The zero-order valence-electron chi connectivity index (χ0n) is 11.1. The van der Waals surface area contributed by atoms with E-state index in [0.29, 0.717) is 18.1 Å². The maximum atomic E-state index is 12.2. The first-order valence-electron chi connectivity index (χ1n) is 6.66. The summed E-state index contributed by atoms with van der Waals surface area (Å²) in [5.74, 6) is 1.26.